The van der Waals surface area contributed by atoms with Crippen molar-refractivity contribution in [3.8, 4) is 0 Å². The minimum atomic E-state index is -4.49. The third-order valence-corrected chi connectivity index (χ3v) is 3.76. The van der Waals surface area contributed by atoms with E-state index >= 15 is 0 Å². The van der Waals surface area contributed by atoms with Crippen LogP contribution in [0.5, 0.6) is 0 Å². The number of aliphatic hydroxyl groups excluding tert-OH is 1. The maximum atomic E-state index is 13.0. The Kier molecular flexibility index (Phi) is 4.75. The van der Waals surface area contributed by atoms with Crippen molar-refractivity contribution in [1.82, 2.24) is 0 Å². The van der Waals surface area contributed by atoms with E-state index in [9.17, 15) is 13.2 Å². The van der Waals surface area contributed by atoms with E-state index in [1.807, 2.05) is 0 Å². The standard InChI is InChI=1S/C14H18F3NO3/c1-20-12-6-18(7-13(12)21-2)10-4-3-9(8-19)11(5-10)14(15,16)17/h3-5,12-13,19H,6-8H2,1-2H3. The minimum Gasteiger partial charge on any atom is -0.392 e. The second-order valence-corrected chi connectivity index (χ2v) is 4.95. The van der Waals surface area contributed by atoms with Gasteiger partial charge in [0.15, 0.2) is 0 Å². The van der Waals surface area contributed by atoms with Gasteiger partial charge >= 0.3 is 6.18 Å². The van der Waals surface area contributed by atoms with Gasteiger partial charge < -0.3 is 19.5 Å². The van der Waals surface area contributed by atoms with Crippen LogP contribution in [0.15, 0.2) is 18.2 Å². The van der Waals surface area contributed by atoms with Crippen LogP contribution in [0.1, 0.15) is 11.1 Å². The Morgan fingerprint density at radius 2 is 1.76 bits per heavy atom. The molecule has 1 fully saturated rings. The van der Waals surface area contributed by atoms with Crippen LogP contribution in [-0.2, 0) is 22.3 Å². The van der Waals surface area contributed by atoms with E-state index in [-0.39, 0.29) is 17.8 Å². The Morgan fingerprint density at radius 3 is 2.19 bits per heavy atom. The van der Waals surface area contributed by atoms with E-state index in [4.69, 9.17) is 14.6 Å². The molecule has 0 spiro atoms. The van der Waals surface area contributed by atoms with Crippen LogP contribution in [0.4, 0.5) is 18.9 Å². The lowest BCUT2D eigenvalue weighted by Gasteiger charge is -2.21. The highest BCUT2D eigenvalue weighted by Crippen LogP contribution is 2.35. The monoisotopic (exact) mass is 305 g/mol. The van der Waals surface area contributed by atoms with E-state index < -0.39 is 18.3 Å². The van der Waals surface area contributed by atoms with Crippen LogP contribution in [0.3, 0.4) is 0 Å². The van der Waals surface area contributed by atoms with Crippen molar-refractivity contribution in [3.63, 3.8) is 0 Å². The Labute approximate surface area is 121 Å². The average molecular weight is 305 g/mol. The molecular formula is C14H18F3NO3. The summed E-state index contributed by atoms with van der Waals surface area (Å²) in [6.07, 6.45) is -4.85. The number of rotatable bonds is 4. The zero-order chi connectivity index (χ0) is 15.6. The number of halogens is 3. The molecule has 0 saturated carbocycles. The lowest BCUT2D eigenvalue weighted by atomic mass is 10.1. The molecule has 0 aliphatic carbocycles. The quantitative estimate of drug-likeness (QED) is 0.924. The number of alkyl halides is 3. The summed E-state index contributed by atoms with van der Waals surface area (Å²) in [5, 5.41) is 9.04. The highest BCUT2D eigenvalue weighted by Gasteiger charge is 2.36. The fraction of sp³-hybridized carbons (Fsp3) is 0.571. The van der Waals surface area contributed by atoms with E-state index in [0.29, 0.717) is 18.8 Å². The molecule has 1 aromatic carbocycles. The predicted octanol–water partition coefficient (Wildman–Crippen LogP) is 2.05. The van der Waals surface area contributed by atoms with Gasteiger partial charge in [0.05, 0.1) is 12.2 Å². The zero-order valence-corrected chi connectivity index (χ0v) is 11.9. The molecule has 1 aliphatic rings. The molecule has 0 amide bonds. The average Bonchev–Trinajstić information content (AvgIpc) is 2.89. The summed E-state index contributed by atoms with van der Waals surface area (Å²) >= 11 is 0. The molecule has 0 radical (unpaired) electrons. The lowest BCUT2D eigenvalue weighted by Crippen LogP contribution is -2.27. The maximum absolute atomic E-state index is 13.0. The molecule has 7 heteroatoms. The Hall–Kier alpha value is -1.31. The first-order valence-electron chi connectivity index (χ1n) is 6.52. The van der Waals surface area contributed by atoms with Gasteiger partial charge in [-0.05, 0) is 17.7 Å². The van der Waals surface area contributed by atoms with Gasteiger partial charge in [0, 0.05) is 33.0 Å². The number of aliphatic hydroxyl groups is 1. The third kappa shape index (κ3) is 3.30. The molecule has 1 N–H and O–H groups in total. The molecule has 2 atom stereocenters. The van der Waals surface area contributed by atoms with Gasteiger partial charge in [-0.15, -0.1) is 0 Å². The zero-order valence-electron chi connectivity index (χ0n) is 11.9. The first-order valence-corrected chi connectivity index (χ1v) is 6.52. The van der Waals surface area contributed by atoms with Crippen molar-refractivity contribution in [3.05, 3.63) is 29.3 Å². The van der Waals surface area contributed by atoms with Crippen molar-refractivity contribution in [2.45, 2.75) is 25.0 Å². The normalized spacial score (nSPS) is 22.9. The van der Waals surface area contributed by atoms with Gasteiger partial charge in [-0.1, -0.05) is 6.07 Å². The van der Waals surface area contributed by atoms with Crippen LogP contribution >= 0.6 is 0 Å². The predicted molar refractivity (Wildman–Crippen MR) is 71.2 cm³/mol. The van der Waals surface area contributed by atoms with Crippen molar-refractivity contribution in [2.75, 3.05) is 32.2 Å². The van der Waals surface area contributed by atoms with E-state index in [1.165, 1.54) is 6.07 Å². The summed E-state index contributed by atoms with van der Waals surface area (Å²) in [5.74, 6) is 0. The van der Waals surface area contributed by atoms with Crippen LogP contribution in [0.2, 0.25) is 0 Å². The Morgan fingerprint density at radius 1 is 1.19 bits per heavy atom. The van der Waals surface area contributed by atoms with Crippen molar-refractivity contribution in [1.29, 1.82) is 0 Å². The number of methoxy groups -OCH3 is 2. The van der Waals surface area contributed by atoms with E-state index in [0.717, 1.165) is 6.07 Å². The number of hydrogen-bond acceptors (Lipinski definition) is 4. The first kappa shape index (κ1) is 16.1. The van der Waals surface area contributed by atoms with E-state index in [1.54, 1.807) is 25.2 Å². The van der Waals surface area contributed by atoms with Crippen molar-refractivity contribution < 1.29 is 27.8 Å². The van der Waals surface area contributed by atoms with Gasteiger partial charge in [0.25, 0.3) is 0 Å². The number of benzene rings is 1. The summed E-state index contributed by atoms with van der Waals surface area (Å²) in [6.45, 7) is 0.284. The molecule has 1 aromatic rings. The van der Waals surface area contributed by atoms with Crippen molar-refractivity contribution in [2.24, 2.45) is 0 Å². The van der Waals surface area contributed by atoms with Crippen LogP contribution < -0.4 is 4.90 Å². The second-order valence-electron chi connectivity index (χ2n) is 4.95. The second kappa shape index (κ2) is 6.21. The Bertz CT molecular complexity index is 481. The topological polar surface area (TPSA) is 41.9 Å². The summed E-state index contributed by atoms with van der Waals surface area (Å²) in [6, 6.07) is 3.95. The van der Waals surface area contributed by atoms with Gasteiger partial charge in [-0.25, -0.2) is 0 Å². The summed E-state index contributed by atoms with van der Waals surface area (Å²) in [4.78, 5) is 1.79. The molecule has 118 valence electrons. The van der Waals surface area contributed by atoms with Gasteiger partial charge in [-0.3, -0.25) is 0 Å². The van der Waals surface area contributed by atoms with Crippen LogP contribution in [-0.4, -0.2) is 44.6 Å². The van der Waals surface area contributed by atoms with Gasteiger partial charge in [-0.2, -0.15) is 13.2 Å². The molecule has 2 unspecified atom stereocenters. The molecule has 1 aliphatic heterocycles. The smallest absolute Gasteiger partial charge is 0.392 e. The SMILES string of the molecule is COC1CN(c2ccc(CO)c(C(F)(F)F)c2)CC1OC. The summed E-state index contributed by atoms with van der Waals surface area (Å²) < 4.78 is 49.6. The van der Waals surface area contributed by atoms with Crippen LogP contribution in [0.25, 0.3) is 0 Å². The van der Waals surface area contributed by atoms with Gasteiger partial charge in [0.2, 0.25) is 0 Å². The highest BCUT2D eigenvalue weighted by atomic mass is 19.4. The third-order valence-electron chi connectivity index (χ3n) is 3.76. The molecule has 1 heterocycles. The van der Waals surface area contributed by atoms with Crippen molar-refractivity contribution >= 4 is 5.69 Å². The lowest BCUT2D eigenvalue weighted by molar-refractivity contribution is -0.138. The fourth-order valence-corrected chi connectivity index (χ4v) is 2.57. The molecule has 0 aromatic heterocycles. The molecular weight excluding hydrogens is 287 g/mol. The molecule has 2 rings (SSSR count). The molecule has 0 bridgehead atoms. The molecule has 1 saturated heterocycles. The molecule has 21 heavy (non-hydrogen) atoms. The van der Waals surface area contributed by atoms with Crippen LogP contribution in [0, 0.1) is 0 Å². The Balaban J connectivity index is 2.29. The fourth-order valence-electron chi connectivity index (χ4n) is 2.57. The van der Waals surface area contributed by atoms with E-state index in [2.05, 4.69) is 0 Å². The highest BCUT2D eigenvalue weighted by molar-refractivity contribution is 5.53. The molecule has 4 nitrogen and oxygen atoms in total. The van der Waals surface area contributed by atoms with Gasteiger partial charge in [0.1, 0.15) is 12.2 Å². The number of anilines is 1. The number of nitrogens with zero attached hydrogens (tertiary/aromatic N) is 1. The number of hydrogen-bond donors (Lipinski definition) is 1. The number of ether oxygens (including phenoxy) is 2. The first-order chi connectivity index (χ1) is 9.90. The largest absolute Gasteiger partial charge is 0.416 e. The summed E-state index contributed by atoms with van der Waals surface area (Å²) in [5.41, 5.74) is -0.490. The minimum absolute atomic E-state index is 0.128. The summed E-state index contributed by atoms with van der Waals surface area (Å²) in [7, 11) is 3.10. The maximum Gasteiger partial charge on any atom is 0.416 e.